The van der Waals surface area contributed by atoms with Crippen LogP contribution in [-0.2, 0) is 0 Å². The van der Waals surface area contributed by atoms with Gasteiger partial charge in [0.2, 0.25) is 0 Å². The van der Waals surface area contributed by atoms with Gasteiger partial charge in [-0.3, -0.25) is 5.10 Å². The van der Waals surface area contributed by atoms with Crippen LogP contribution in [-0.4, -0.2) is 20.2 Å². The molecule has 0 radical (unpaired) electrons. The molecule has 0 spiro atoms. The van der Waals surface area contributed by atoms with Crippen molar-refractivity contribution in [3.63, 3.8) is 0 Å². The maximum Gasteiger partial charge on any atom is 0.174 e. The van der Waals surface area contributed by atoms with Gasteiger partial charge < -0.3 is 0 Å². The predicted molar refractivity (Wildman–Crippen MR) is 92.6 cm³/mol. The van der Waals surface area contributed by atoms with Crippen LogP contribution < -0.4 is 0 Å². The Bertz CT molecular complexity index is 896. The second-order valence-corrected chi connectivity index (χ2v) is 5.91. The molecule has 0 aliphatic heterocycles. The largest absolute Gasteiger partial charge is 0.259 e. The van der Waals surface area contributed by atoms with Gasteiger partial charge >= 0.3 is 0 Å². The number of aromatic nitrogens is 4. The Kier molecular flexibility index (Phi) is 3.48. The highest BCUT2D eigenvalue weighted by Gasteiger charge is 2.14. The Balaban J connectivity index is 1.98. The molecule has 23 heavy (non-hydrogen) atoms. The zero-order valence-corrected chi connectivity index (χ0v) is 13.3. The summed E-state index contributed by atoms with van der Waals surface area (Å²) in [4.78, 5) is 9.38. The van der Waals surface area contributed by atoms with E-state index in [2.05, 4.69) is 15.2 Å². The highest BCUT2D eigenvalue weighted by molar-refractivity contribution is 6.31. The molecule has 0 saturated carbocycles. The molecule has 2 heterocycles. The lowest BCUT2D eigenvalue weighted by Gasteiger charge is -2.09. The van der Waals surface area contributed by atoms with Gasteiger partial charge in [0.05, 0.1) is 17.6 Å². The minimum Gasteiger partial charge on any atom is -0.259 e. The number of aromatic amines is 1. The fourth-order valence-corrected chi connectivity index (χ4v) is 2.65. The van der Waals surface area contributed by atoms with E-state index in [0.29, 0.717) is 21.2 Å². The van der Waals surface area contributed by atoms with Gasteiger partial charge in [0.1, 0.15) is 5.52 Å². The van der Waals surface area contributed by atoms with E-state index in [1.165, 1.54) is 0 Å². The summed E-state index contributed by atoms with van der Waals surface area (Å²) in [6.07, 6.45) is 1.66. The number of hydrogen-bond donors (Lipinski definition) is 1. The first-order valence-electron chi connectivity index (χ1n) is 6.94. The van der Waals surface area contributed by atoms with Crippen LogP contribution in [0.4, 0.5) is 0 Å². The lowest BCUT2D eigenvalue weighted by molar-refractivity contribution is 1.10. The van der Waals surface area contributed by atoms with Gasteiger partial charge in [-0.15, -0.1) is 0 Å². The second kappa shape index (κ2) is 5.65. The number of hydrogen-bond acceptors (Lipinski definition) is 3. The molecule has 2 aromatic carbocycles. The number of rotatable bonds is 2. The third-order valence-electron chi connectivity index (χ3n) is 3.52. The highest BCUT2D eigenvalue weighted by Crippen LogP contribution is 2.31. The SMILES string of the molecule is Clc1ccc(-c2nc3cn[nH]c3nc2-c2ccc(Cl)cc2)cc1. The van der Waals surface area contributed by atoms with E-state index in [1.807, 2.05) is 48.5 Å². The molecule has 4 nitrogen and oxygen atoms in total. The molecular weight excluding hydrogens is 331 g/mol. The maximum atomic E-state index is 5.99. The zero-order chi connectivity index (χ0) is 15.8. The Hall–Kier alpha value is -2.43. The third kappa shape index (κ3) is 2.67. The fourth-order valence-electron chi connectivity index (χ4n) is 2.39. The standard InChI is InChI=1S/C17H10Cl2N4/c18-12-5-1-10(2-6-12)15-16(11-3-7-13(19)8-4-11)22-17-14(21-15)9-20-23-17/h1-9H,(H,20,22,23). The molecule has 0 saturated heterocycles. The van der Waals surface area contributed by atoms with Crippen LogP contribution in [0, 0.1) is 0 Å². The first-order valence-corrected chi connectivity index (χ1v) is 7.69. The van der Waals surface area contributed by atoms with Crippen LogP contribution in [0.2, 0.25) is 10.0 Å². The van der Waals surface area contributed by atoms with Crippen LogP contribution in [0.3, 0.4) is 0 Å². The first-order chi connectivity index (χ1) is 11.2. The molecule has 4 aromatic rings. The van der Waals surface area contributed by atoms with Crippen molar-refractivity contribution in [3.05, 3.63) is 64.8 Å². The lowest BCUT2D eigenvalue weighted by Crippen LogP contribution is -1.94. The van der Waals surface area contributed by atoms with Crippen molar-refractivity contribution in [1.29, 1.82) is 0 Å². The van der Waals surface area contributed by atoms with Crippen LogP contribution in [0.25, 0.3) is 33.7 Å². The monoisotopic (exact) mass is 340 g/mol. The summed E-state index contributed by atoms with van der Waals surface area (Å²) in [7, 11) is 0. The minimum atomic E-state index is 0.646. The summed E-state index contributed by atoms with van der Waals surface area (Å²) >= 11 is 12.0. The molecule has 4 rings (SSSR count). The van der Waals surface area contributed by atoms with Crippen molar-refractivity contribution in [2.24, 2.45) is 0 Å². The predicted octanol–water partition coefficient (Wildman–Crippen LogP) is 4.99. The van der Waals surface area contributed by atoms with Crippen LogP contribution in [0.5, 0.6) is 0 Å². The molecule has 6 heteroatoms. The van der Waals surface area contributed by atoms with Crippen molar-refractivity contribution in [2.45, 2.75) is 0 Å². The van der Waals surface area contributed by atoms with E-state index in [4.69, 9.17) is 28.2 Å². The van der Waals surface area contributed by atoms with Gasteiger partial charge in [-0.1, -0.05) is 47.5 Å². The Labute approximate surface area is 142 Å². The van der Waals surface area contributed by atoms with Crippen molar-refractivity contribution in [1.82, 2.24) is 20.2 Å². The molecule has 0 amide bonds. The van der Waals surface area contributed by atoms with Crippen molar-refractivity contribution in [2.75, 3.05) is 0 Å². The average molecular weight is 341 g/mol. The molecule has 112 valence electrons. The summed E-state index contributed by atoms with van der Waals surface area (Å²) in [5.41, 5.74) is 4.78. The van der Waals surface area contributed by atoms with Crippen molar-refractivity contribution < 1.29 is 0 Å². The quantitative estimate of drug-likeness (QED) is 0.559. The van der Waals surface area contributed by atoms with Crippen molar-refractivity contribution in [3.8, 4) is 22.5 Å². The number of nitrogens with zero attached hydrogens (tertiary/aromatic N) is 3. The molecule has 1 N–H and O–H groups in total. The molecular formula is C17H10Cl2N4. The van der Waals surface area contributed by atoms with Crippen LogP contribution in [0.15, 0.2) is 54.7 Å². The van der Waals surface area contributed by atoms with Crippen LogP contribution >= 0.6 is 23.2 Å². The number of nitrogens with one attached hydrogen (secondary N) is 1. The van der Waals surface area contributed by atoms with Gasteiger partial charge in [-0.25, -0.2) is 9.97 Å². The molecule has 0 atom stereocenters. The molecule has 0 aliphatic carbocycles. The average Bonchev–Trinajstić information content (AvgIpc) is 3.03. The normalized spacial score (nSPS) is 11.0. The summed E-state index contributed by atoms with van der Waals surface area (Å²) < 4.78 is 0. The third-order valence-corrected chi connectivity index (χ3v) is 4.02. The van der Waals surface area contributed by atoms with Gasteiger partial charge in [0.25, 0.3) is 0 Å². The number of fused-ring (bicyclic) bond motifs is 1. The Morgan fingerprint density at radius 3 is 1.78 bits per heavy atom. The number of benzene rings is 2. The summed E-state index contributed by atoms with van der Waals surface area (Å²) in [6.45, 7) is 0. The summed E-state index contributed by atoms with van der Waals surface area (Å²) in [5.74, 6) is 0. The topological polar surface area (TPSA) is 54.5 Å². The molecule has 2 aromatic heterocycles. The zero-order valence-electron chi connectivity index (χ0n) is 11.8. The van der Waals surface area contributed by atoms with Gasteiger partial charge in [-0.2, -0.15) is 5.10 Å². The van der Waals surface area contributed by atoms with Gasteiger partial charge in [-0.05, 0) is 24.3 Å². The fraction of sp³-hybridized carbons (Fsp3) is 0. The minimum absolute atomic E-state index is 0.646. The first kappa shape index (κ1) is 14.2. The van der Waals surface area contributed by atoms with Crippen molar-refractivity contribution >= 4 is 34.4 Å². The Morgan fingerprint density at radius 1 is 0.696 bits per heavy atom. The number of halogens is 2. The van der Waals surface area contributed by atoms with E-state index in [1.54, 1.807) is 6.20 Å². The molecule has 0 fully saturated rings. The number of H-pyrrole nitrogens is 1. The van der Waals surface area contributed by atoms with E-state index in [-0.39, 0.29) is 0 Å². The molecule has 0 unspecified atom stereocenters. The smallest absolute Gasteiger partial charge is 0.174 e. The lowest BCUT2D eigenvalue weighted by atomic mass is 10.0. The van der Waals surface area contributed by atoms with Crippen LogP contribution in [0.1, 0.15) is 0 Å². The Morgan fingerprint density at radius 2 is 1.22 bits per heavy atom. The van der Waals surface area contributed by atoms with E-state index >= 15 is 0 Å². The highest BCUT2D eigenvalue weighted by atomic mass is 35.5. The van der Waals surface area contributed by atoms with E-state index in [9.17, 15) is 0 Å². The maximum absolute atomic E-state index is 5.99. The van der Waals surface area contributed by atoms with E-state index < -0.39 is 0 Å². The molecule has 0 aliphatic rings. The van der Waals surface area contributed by atoms with Gasteiger partial charge in [0.15, 0.2) is 5.65 Å². The summed E-state index contributed by atoms with van der Waals surface area (Å²) in [5, 5.41) is 8.22. The van der Waals surface area contributed by atoms with E-state index in [0.717, 1.165) is 22.5 Å². The summed E-state index contributed by atoms with van der Waals surface area (Å²) in [6, 6.07) is 15.0. The molecule has 0 bridgehead atoms. The second-order valence-electron chi connectivity index (χ2n) is 5.04. The van der Waals surface area contributed by atoms with Gasteiger partial charge in [0, 0.05) is 21.2 Å².